The van der Waals surface area contributed by atoms with Crippen LogP contribution in [0.2, 0.25) is 0 Å². The van der Waals surface area contributed by atoms with Crippen molar-refractivity contribution in [3.05, 3.63) is 29.3 Å². The SMILES string of the molecule is COCOc1cccc2c1CCC2O. The Hall–Kier alpha value is -1.06. The summed E-state index contributed by atoms with van der Waals surface area (Å²) in [4.78, 5) is 0. The highest BCUT2D eigenvalue weighted by molar-refractivity contribution is 5.44. The predicted molar refractivity (Wildman–Crippen MR) is 52.2 cm³/mol. The highest BCUT2D eigenvalue weighted by Gasteiger charge is 2.22. The molecule has 76 valence electrons. The van der Waals surface area contributed by atoms with Gasteiger partial charge in [-0.15, -0.1) is 0 Å². The fraction of sp³-hybridized carbons (Fsp3) is 0.455. The van der Waals surface area contributed by atoms with Crippen LogP contribution in [-0.2, 0) is 11.2 Å². The third-order valence-corrected chi connectivity index (χ3v) is 2.53. The monoisotopic (exact) mass is 194 g/mol. The summed E-state index contributed by atoms with van der Waals surface area (Å²) in [6, 6.07) is 5.76. The van der Waals surface area contributed by atoms with Gasteiger partial charge in [0.15, 0.2) is 6.79 Å². The highest BCUT2D eigenvalue weighted by atomic mass is 16.7. The van der Waals surface area contributed by atoms with Gasteiger partial charge >= 0.3 is 0 Å². The van der Waals surface area contributed by atoms with Gasteiger partial charge in [-0.3, -0.25) is 0 Å². The minimum Gasteiger partial charge on any atom is -0.467 e. The number of benzene rings is 1. The average Bonchev–Trinajstić information content (AvgIpc) is 2.58. The van der Waals surface area contributed by atoms with Gasteiger partial charge in [-0.1, -0.05) is 12.1 Å². The molecule has 0 spiro atoms. The number of aliphatic hydroxyl groups is 1. The Labute approximate surface area is 83.3 Å². The van der Waals surface area contributed by atoms with Crippen LogP contribution in [0, 0.1) is 0 Å². The molecular formula is C11H14O3. The maximum absolute atomic E-state index is 9.64. The maximum Gasteiger partial charge on any atom is 0.188 e. The molecule has 0 amide bonds. The van der Waals surface area contributed by atoms with Crippen LogP contribution >= 0.6 is 0 Å². The maximum atomic E-state index is 9.64. The van der Waals surface area contributed by atoms with Crippen molar-refractivity contribution in [2.45, 2.75) is 18.9 Å². The third-order valence-electron chi connectivity index (χ3n) is 2.53. The summed E-state index contributed by atoms with van der Waals surface area (Å²) in [6.07, 6.45) is 1.36. The molecule has 0 radical (unpaired) electrons. The first-order valence-electron chi connectivity index (χ1n) is 4.74. The topological polar surface area (TPSA) is 38.7 Å². The van der Waals surface area contributed by atoms with Gasteiger partial charge in [0.05, 0.1) is 6.10 Å². The van der Waals surface area contributed by atoms with Gasteiger partial charge in [0.25, 0.3) is 0 Å². The second kappa shape index (κ2) is 3.98. The Kier molecular flexibility index (Phi) is 2.70. The molecule has 1 atom stereocenters. The van der Waals surface area contributed by atoms with E-state index in [2.05, 4.69) is 0 Å². The summed E-state index contributed by atoms with van der Waals surface area (Å²) in [6.45, 7) is 0.256. The first-order valence-corrected chi connectivity index (χ1v) is 4.74. The van der Waals surface area contributed by atoms with Crippen LogP contribution in [0.1, 0.15) is 23.7 Å². The van der Waals surface area contributed by atoms with Gasteiger partial charge in [-0.05, 0) is 24.5 Å². The number of rotatable bonds is 3. The molecule has 0 aliphatic heterocycles. The van der Waals surface area contributed by atoms with Crippen molar-refractivity contribution in [2.75, 3.05) is 13.9 Å². The van der Waals surface area contributed by atoms with E-state index in [0.717, 1.165) is 29.7 Å². The van der Waals surface area contributed by atoms with Crippen LogP contribution in [0.15, 0.2) is 18.2 Å². The predicted octanol–water partition coefficient (Wildman–Crippen LogP) is 1.65. The summed E-state index contributed by atoms with van der Waals surface area (Å²) in [5, 5.41) is 9.64. The van der Waals surface area contributed by atoms with E-state index in [1.54, 1.807) is 7.11 Å². The summed E-state index contributed by atoms with van der Waals surface area (Å²) < 4.78 is 10.3. The van der Waals surface area contributed by atoms with Crippen molar-refractivity contribution in [1.29, 1.82) is 0 Å². The Bertz CT molecular complexity index is 322. The molecule has 3 nitrogen and oxygen atoms in total. The van der Waals surface area contributed by atoms with E-state index < -0.39 is 0 Å². The molecule has 0 aromatic heterocycles. The van der Waals surface area contributed by atoms with Gasteiger partial charge in [-0.25, -0.2) is 0 Å². The average molecular weight is 194 g/mol. The molecule has 2 rings (SSSR count). The van der Waals surface area contributed by atoms with E-state index in [9.17, 15) is 5.11 Å². The second-order valence-corrected chi connectivity index (χ2v) is 3.43. The zero-order chi connectivity index (χ0) is 9.97. The van der Waals surface area contributed by atoms with Crippen molar-refractivity contribution < 1.29 is 14.6 Å². The molecule has 1 aliphatic rings. The lowest BCUT2D eigenvalue weighted by molar-refractivity contribution is 0.0505. The molecular weight excluding hydrogens is 180 g/mol. The molecule has 1 aromatic rings. The Morgan fingerprint density at radius 3 is 3.14 bits per heavy atom. The quantitative estimate of drug-likeness (QED) is 0.743. The largest absolute Gasteiger partial charge is 0.467 e. The van der Waals surface area contributed by atoms with E-state index in [4.69, 9.17) is 9.47 Å². The second-order valence-electron chi connectivity index (χ2n) is 3.43. The van der Waals surface area contributed by atoms with E-state index in [0.29, 0.717) is 0 Å². The highest BCUT2D eigenvalue weighted by Crippen LogP contribution is 2.36. The smallest absolute Gasteiger partial charge is 0.188 e. The lowest BCUT2D eigenvalue weighted by Gasteiger charge is -2.10. The first-order chi connectivity index (χ1) is 6.83. The lowest BCUT2D eigenvalue weighted by atomic mass is 10.1. The fourth-order valence-electron chi connectivity index (χ4n) is 1.86. The zero-order valence-corrected chi connectivity index (χ0v) is 8.19. The van der Waals surface area contributed by atoms with Gasteiger partial charge in [0, 0.05) is 12.7 Å². The molecule has 0 saturated carbocycles. The minimum absolute atomic E-state index is 0.256. The van der Waals surface area contributed by atoms with Gasteiger partial charge in [0.1, 0.15) is 5.75 Å². The number of hydrogen-bond acceptors (Lipinski definition) is 3. The van der Waals surface area contributed by atoms with Crippen molar-refractivity contribution in [3.63, 3.8) is 0 Å². The number of fused-ring (bicyclic) bond motifs is 1. The molecule has 0 fully saturated rings. The molecule has 1 unspecified atom stereocenters. The van der Waals surface area contributed by atoms with Gasteiger partial charge in [0.2, 0.25) is 0 Å². The van der Waals surface area contributed by atoms with E-state index in [-0.39, 0.29) is 12.9 Å². The fourth-order valence-corrected chi connectivity index (χ4v) is 1.86. The summed E-state index contributed by atoms with van der Waals surface area (Å²) in [5.41, 5.74) is 2.12. The van der Waals surface area contributed by atoms with Crippen molar-refractivity contribution in [2.24, 2.45) is 0 Å². The van der Waals surface area contributed by atoms with E-state index in [1.165, 1.54) is 0 Å². The molecule has 0 bridgehead atoms. The standard InChI is InChI=1S/C11H14O3/c1-13-7-14-11-4-2-3-8-9(11)5-6-10(8)12/h2-4,10,12H,5-7H2,1H3. The third kappa shape index (κ3) is 1.61. The van der Waals surface area contributed by atoms with Gasteiger partial charge < -0.3 is 14.6 Å². The van der Waals surface area contributed by atoms with Crippen molar-refractivity contribution in [1.82, 2.24) is 0 Å². The molecule has 1 N–H and O–H groups in total. The van der Waals surface area contributed by atoms with Crippen LogP contribution in [0.3, 0.4) is 0 Å². The number of methoxy groups -OCH3 is 1. The minimum atomic E-state index is -0.323. The Morgan fingerprint density at radius 2 is 2.36 bits per heavy atom. The Balaban J connectivity index is 2.25. The van der Waals surface area contributed by atoms with E-state index in [1.807, 2.05) is 18.2 Å². The van der Waals surface area contributed by atoms with Crippen LogP contribution in [-0.4, -0.2) is 19.0 Å². The molecule has 3 heteroatoms. The normalized spacial score (nSPS) is 19.4. The van der Waals surface area contributed by atoms with E-state index >= 15 is 0 Å². The Morgan fingerprint density at radius 1 is 1.50 bits per heavy atom. The van der Waals surface area contributed by atoms with Crippen LogP contribution in [0.4, 0.5) is 0 Å². The lowest BCUT2D eigenvalue weighted by Crippen LogP contribution is -2.01. The van der Waals surface area contributed by atoms with Crippen LogP contribution < -0.4 is 4.74 Å². The van der Waals surface area contributed by atoms with Gasteiger partial charge in [-0.2, -0.15) is 0 Å². The molecule has 1 aromatic carbocycles. The van der Waals surface area contributed by atoms with Crippen molar-refractivity contribution in [3.8, 4) is 5.75 Å². The summed E-state index contributed by atoms with van der Waals surface area (Å²) >= 11 is 0. The zero-order valence-electron chi connectivity index (χ0n) is 8.19. The number of hydrogen-bond donors (Lipinski definition) is 1. The number of ether oxygens (including phenoxy) is 2. The molecule has 14 heavy (non-hydrogen) atoms. The number of aliphatic hydroxyl groups excluding tert-OH is 1. The van der Waals surface area contributed by atoms with Crippen LogP contribution in [0.25, 0.3) is 0 Å². The summed E-state index contributed by atoms with van der Waals surface area (Å²) in [7, 11) is 1.60. The summed E-state index contributed by atoms with van der Waals surface area (Å²) in [5.74, 6) is 0.834. The van der Waals surface area contributed by atoms with Crippen molar-refractivity contribution >= 4 is 0 Å². The molecule has 0 saturated heterocycles. The molecule has 1 aliphatic carbocycles. The molecule has 0 heterocycles. The first kappa shape index (κ1) is 9.49. The van der Waals surface area contributed by atoms with Crippen LogP contribution in [0.5, 0.6) is 5.75 Å².